The summed E-state index contributed by atoms with van der Waals surface area (Å²) < 4.78 is 11.0. The summed E-state index contributed by atoms with van der Waals surface area (Å²) >= 11 is 0. The molecule has 194 valence electrons. The molecule has 1 unspecified atom stereocenters. The van der Waals surface area contributed by atoms with E-state index in [0.717, 1.165) is 11.1 Å². The molecule has 0 aliphatic heterocycles. The largest absolute Gasteiger partial charge is 0.481 e. The van der Waals surface area contributed by atoms with E-state index in [2.05, 4.69) is 10.6 Å². The van der Waals surface area contributed by atoms with Crippen LogP contribution in [0.3, 0.4) is 0 Å². The Balaban J connectivity index is 1.65. The number of alkyl carbamates (subject to hydrolysis) is 1. The monoisotopic (exact) mass is 496 g/mol. The lowest BCUT2D eigenvalue weighted by Crippen LogP contribution is -2.42. The number of carbonyl (C=O) groups excluding carboxylic acids is 2. The number of aliphatic carboxylic acids is 1. The Labute approximate surface area is 212 Å². The molecule has 1 fully saturated rings. The molecular formula is C28H36N2O6. The van der Waals surface area contributed by atoms with E-state index in [1.807, 2.05) is 64.1 Å². The molecule has 0 radical (unpaired) electrons. The van der Waals surface area contributed by atoms with E-state index in [4.69, 9.17) is 9.47 Å². The van der Waals surface area contributed by atoms with E-state index < -0.39 is 29.7 Å². The van der Waals surface area contributed by atoms with Crippen molar-refractivity contribution in [1.82, 2.24) is 5.32 Å². The van der Waals surface area contributed by atoms with Crippen LogP contribution in [0.5, 0.6) is 0 Å². The zero-order valence-electron chi connectivity index (χ0n) is 21.4. The predicted molar refractivity (Wildman–Crippen MR) is 138 cm³/mol. The Morgan fingerprint density at radius 3 is 2.25 bits per heavy atom. The van der Waals surface area contributed by atoms with Crippen molar-refractivity contribution in [2.24, 2.45) is 0 Å². The first kappa shape index (κ1) is 27.0. The van der Waals surface area contributed by atoms with Crippen LogP contribution in [-0.2, 0) is 14.3 Å². The summed E-state index contributed by atoms with van der Waals surface area (Å²) in [5, 5.41) is 15.3. The van der Waals surface area contributed by atoms with E-state index in [1.54, 1.807) is 12.1 Å². The van der Waals surface area contributed by atoms with Crippen LogP contribution in [0.25, 0.3) is 11.1 Å². The lowest BCUT2D eigenvalue weighted by molar-refractivity contribution is -0.138. The SMILES string of the molecule is CCC(C(=O)O)c1ccc(-c2ccccc2)c(NC(=O)OC2CCC(NC(=O)OC(C)(C)C)CC2)c1. The maximum atomic E-state index is 12.8. The molecular weight excluding hydrogens is 460 g/mol. The molecule has 0 bridgehead atoms. The van der Waals surface area contributed by atoms with E-state index in [0.29, 0.717) is 43.4 Å². The van der Waals surface area contributed by atoms with E-state index in [9.17, 15) is 19.5 Å². The number of carboxylic acids is 1. The molecule has 2 aromatic rings. The van der Waals surface area contributed by atoms with Gasteiger partial charge in [0.15, 0.2) is 0 Å². The fourth-order valence-corrected chi connectivity index (χ4v) is 4.39. The van der Waals surface area contributed by atoms with Gasteiger partial charge in [-0.2, -0.15) is 0 Å². The minimum atomic E-state index is -0.907. The minimum Gasteiger partial charge on any atom is -0.481 e. The number of amides is 2. The molecule has 0 heterocycles. The fraction of sp³-hybridized carbons (Fsp3) is 0.464. The number of ether oxygens (including phenoxy) is 2. The van der Waals surface area contributed by atoms with Crippen LogP contribution < -0.4 is 10.6 Å². The Bertz CT molecular complexity index is 1060. The normalized spacial score (nSPS) is 18.6. The van der Waals surface area contributed by atoms with Crippen LogP contribution in [0.15, 0.2) is 48.5 Å². The minimum absolute atomic E-state index is 0.0221. The lowest BCUT2D eigenvalue weighted by Gasteiger charge is -2.30. The summed E-state index contributed by atoms with van der Waals surface area (Å²) in [6.07, 6.45) is 1.74. The number of rotatable bonds is 7. The molecule has 2 amide bonds. The number of carboxylic acid groups (broad SMARTS) is 1. The van der Waals surface area contributed by atoms with Crippen molar-refractivity contribution in [1.29, 1.82) is 0 Å². The highest BCUT2D eigenvalue weighted by molar-refractivity contribution is 5.92. The maximum Gasteiger partial charge on any atom is 0.411 e. The first-order valence-corrected chi connectivity index (χ1v) is 12.4. The molecule has 1 saturated carbocycles. The van der Waals surface area contributed by atoms with E-state index >= 15 is 0 Å². The van der Waals surface area contributed by atoms with Crippen molar-refractivity contribution in [3.8, 4) is 11.1 Å². The maximum absolute atomic E-state index is 12.8. The first-order valence-electron chi connectivity index (χ1n) is 12.4. The number of hydrogen-bond donors (Lipinski definition) is 3. The number of anilines is 1. The number of carbonyl (C=O) groups is 3. The number of benzene rings is 2. The third-order valence-corrected chi connectivity index (χ3v) is 6.14. The topological polar surface area (TPSA) is 114 Å². The van der Waals surface area contributed by atoms with Crippen LogP contribution in [-0.4, -0.2) is 41.0 Å². The van der Waals surface area contributed by atoms with Crippen molar-refractivity contribution in [2.45, 2.75) is 83.5 Å². The van der Waals surface area contributed by atoms with Crippen molar-refractivity contribution in [3.05, 3.63) is 54.1 Å². The molecule has 0 saturated heterocycles. The Kier molecular flexibility index (Phi) is 8.96. The molecule has 8 nitrogen and oxygen atoms in total. The standard InChI is InChI=1S/C28H36N2O6/c1-5-22(25(31)32)19-11-16-23(18-9-7-6-8-10-18)24(17-19)30-26(33)35-21-14-12-20(13-15-21)29-27(34)36-28(2,3)4/h6-11,16-17,20-22H,5,12-15H2,1-4H3,(H,29,34)(H,30,33)(H,31,32). The molecule has 3 rings (SSSR count). The molecule has 36 heavy (non-hydrogen) atoms. The predicted octanol–water partition coefficient (Wildman–Crippen LogP) is 6.32. The van der Waals surface area contributed by atoms with Gasteiger partial charge in [-0.05, 0) is 70.1 Å². The summed E-state index contributed by atoms with van der Waals surface area (Å²) in [5.74, 6) is -1.57. The smallest absolute Gasteiger partial charge is 0.411 e. The van der Waals surface area contributed by atoms with Gasteiger partial charge in [-0.15, -0.1) is 0 Å². The number of nitrogens with one attached hydrogen (secondary N) is 2. The van der Waals surface area contributed by atoms with Gasteiger partial charge in [-0.3, -0.25) is 10.1 Å². The third kappa shape index (κ3) is 7.73. The van der Waals surface area contributed by atoms with Gasteiger partial charge in [0, 0.05) is 11.6 Å². The van der Waals surface area contributed by atoms with Crippen LogP contribution in [0.1, 0.15) is 71.3 Å². The first-order chi connectivity index (χ1) is 17.1. The molecule has 0 spiro atoms. The highest BCUT2D eigenvalue weighted by Crippen LogP contribution is 2.33. The van der Waals surface area contributed by atoms with Crippen LogP contribution in [0, 0.1) is 0 Å². The molecule has 0 aromatic heterocycles. The van der Waals surface area contributed by atoms with Crippen LogP contribution >= 0.6 is 0 Å². The van der Waals surface area contributed by atoms with Gasteiger partial charge in [0.2, 0.25) is 0 Å². The quantitative estimate of drug-likeness (QED) is 0.413. The lowest BCUT2D eigenvalue weighted by atomic mass is 9.93. The molecule has 1 aliphatic carbocycles. The molecule has 8 heteroatoms. The van der Waals surface area contributed by atoms with Gasteiger partial charge in [0.1, 0.15) is 11.7 Å². The van der Waals surface area contributed by atoms with Gasteiger partial charge < -0.3 is 19.9 Å². The molecule has 3 N–H and O–H groups in total. The van der Waals surface area contributed by atoms with E-state index in [1.165, 1.54) is 0 Å². The molecule has 1 atom stereocenters. The average Bonchev–Trinajstić information content (AvgIpc) is 2.80. The fourth-order valence-electron chi connectivity index (χ4n) is 4.39. The third-order valence-electron chi connectivity index (χ3n) is 6.14. The van der Waals surface area contributed by atoms with Gasteiger partial charge in [-0.1, -0.05) is 49.4 Å². The summed E-state index contributed by atoms with van der Waals surface area (Å²) in [7, 11) is 0. The Morgan fingerprint density at radius 2 is 1.67 bits per heavy atom. The zero-order chi connectivity index (χ0) is 26.3. The van der Waals surface area contributed by atoms with Crippen molar-refractivity contribution < 1.29 is 29.0 Å². The summed E-state index contributed by atoms with van der Waals surface area (Å²) in [5.41, 5.74) is 2.25. The number of hydrogen-bond acceptors (Lipinski definition) is 5. The average molecular weight is 497 g/mol. The van der Waals surface area contributed by atoms with E-state index in [-0.39, 0.29) is 12.1 Å². The zero-order valence-corrected chi connectivity index (χ0v) is 21.4. The highest BCUT2D eigenvalue weighted by atomic mass is 16.6. The molecule has 1 aliphatic rings. The second kappa shape index (κ2) is 11.9. The summed E-state index contributed by atoms with van der Waals surface area (Å²) in [6.45, 7) is 7.27. The van der Waals surface area contributed by atoms with Crippen molar-refractivity contribution >= 4 is 23.8 Å². The Hall–Kier alpha value is -3.55. The van der Waals surface area contributed by atoms with Crippen molar-refractivity contribution in [3.63, 3.8) is 0 Å². The van der Waals surface area contributed by atoms with Gasteiger partial charge in [-0.25, -0.2) is 9.59 Å². The Morgan fingerprint density at radius 1 is 1.00 bits per heavy atom. The summed E-state index contributed by atoms with van der Waals surface area (Å²) in [4.78, 5) is 36.5. The second-order valence-corrected chi connectivity index (χ2v) is 10.1. The van der Waals surface area contributed by atoms with Crippen LogP contribution in [0.4, 0.5) is 15.3 Å². The van der Waals surface area contributed by atoms with Crippen molar-refractivity contribution in [2.75, 3.05) is 5.32 Å². The van der Waals surface area contributed by atoms with Gasteiger partial charge in [0.25, 0.3) is 0 Å². The second-order valence-electron chi connectivity index (χ2n) is 10.1. The van der Waals surface area contributed by atoms with Gasteiger partial charge >= 0.3 is 18.2 Å². The van der Waals surface area contributed by atoms with Gasteiger partial charge in [0.05, 0.1) is 11.6 Å². The highest BCUT2D eigenvalue weighted by Gasteiger charge is 2.27. The van der Waals surface area contributed by atoms with Crippen LogP contribution in [0.2, 0.25) is 0 Å². The molecule has 2 aromatic carbocycles. The summed E-state index contributed by atoms with van der Waals surface area (Å²) in [6, 6.07) is 14.9.